The van der Waals surface area contributed by atoms with Gasteiger partial charge in [-0.05, 0) is 63.2 Å². The molecular formula is C19H30Cl2N4O2. The highest BCUT2D eigenvalue weighted by Gasteiger charge is 2.20. The molecule has 2 aliphatic rings. The van der Waals surface area contributed by atoms with E-state index in [0.29, 0.717) is 17.9 Å². The Bertz CT molecular complexity index is 598. The first-order chi connectivity index (χ1) is 12.1. The number of piperazine rings is 1. The van der Waals surface area contributed by atoms with Gasteiger partial charge >= 0.3 is 0 Å². The summed E-state index contributed by atoms with van der Waals surface area (Å²) in [4.78, 5) is 28.7. The van der Waals surface area contributed by atoms with Crippen LogP contribution in [0.1, 0.15) is 29.6 Å². The van der Waals surface area contributed by atoms with E-state index in [-0.39, 0.29) is 36.6 Å². The zero-order valence-corrected chi connectivity index (χ0v) is 17.4. The molecule has 1 unspecified atom stereocenters. The van der Waals surface area contributed by atoms with Crippen molar-refractivity contribution in [2.75, 3.05) is 51.6 Å². The minimum Gasteiger partial charge on any atom is -0.336 e. The van der Waals surface area contributed by atoms with Crippen molar-refractivity contribution < 1.29 is 9.59 Å². The summed E-state index contributed by atoms with van der Waals surface area (Å²) < 4.78 is 0. The van der Waals surface area contributed by atoms with Crippen LogP contribution in [0.3, 0.4) is 0 Å². The molecule has 3 rings (SSSR count). The van der Waals surface area contributed by atoms with Crippen LogP contribution in [-0.2, 0) is 4.79 Å². The zero-order valence-electron chi connectivity index (χ0n) is 15.8. The van der Waals surface area contributed by atoms with E-state index in [1.165, 1.54) is 0 Å². The van der Waals surface area contributed by atoms with Crippen LogP contribution in [0.5, 0.6) is 0 Å². The maximum Gasteiger partial charge on any atom is 0.253 e. The van der Waals surface area contributed by atoms with E-state index < -0.39 is 0 Å². The third-order valence-electron chi connectivity index (χ3n) is 5.15. The molecule has 0 saturated carbocycles. The van der Waals surface area contributed by atoms with Gasteiger partial charge in [0.2, 0.25) is 5.91 Å². The molecule has 2 saturated heterocycles. The summed E-state index contributed by atoms with van der Waals surface area (Å²) in [6, 6.07) is 7.24. The van der Waals surface area contributed by atoms with Crippen LogP contribution in [0.25, 0.3) is 0 Å². The van der Waals surface area contributed by atoms with Crippen LogP contribution in [0.4, 0.5) is 5.69 Å². The molecule has 0 aromatic heterocycles. The Hall–Kier alpha value is -1.34. The summed E-state index contributed by atoms with van der Waals surface area (Å²) in [5.74, 6) is 0.735. The first kappa shape index (κ1) is 23.7. The molecule has 1 atom stereocenters. The predicted molar refractivity (Wildman–Crippen MR) is 113 cm³/mol. The topological polar surface area (TPSA) is 64.7 Å². The van der Waals surface area contributed by atoms with Gasteiger partial charge in [0, 0.05) is 43.9 Å². The molecule has 0 aliphatic carbocycles. The Kier molecular flexibility index (Phi) is 10.1. The lowest BCUT2D eigenvalue weighted by atomic mass is 10.0. The second-order valence-electron chi connectivity index (χ2n) is 7.12. The van der Waals surface area contributed by atoms with Gasteiger partial charge in [-0.1, -0.05) is 0 Å². The largest absolute Gasteiger partial charge is 0.336 e. The molecule has 2 amide bonds. The van der Waals surface area contributed by atoms with E-state index in [9.17, 15) is 9.59 Å². The molecular weight excluding hydrogens is 387 g/mol. The van der Waals surface area contributed by atoms with Crippen molar-refractivity contribution >= 4 is 42.3 Å². The average Bonchev–Trinajstić information content (AvgIpc) is 3.14. The minimum absolute atomic E-state index is 0. The van der Waals surface area contributed by atoms with Crippen molar-refractivity contribution in [1.82, 2.24) is 15.1 Å². The van der Waals surface area contributed by atoms with Gasteiger partial charge in [-0.15, -0.1) is 24.8 Å². The number of anilines is 1. The van der Waals surface area contributed by atoms with Gasteiger partial charge < -0.3 is 20.4 Å². The second-order valence-corrected chi connectivity index (χ2v) is 7.12. The SMILES string of the molecule is CN1CCN(C(=O)c2ccc(NC(=O)CCC3CCNC3)cc2)CC1.Cl.Cl. The lowest BCUT2D eigenvalue weighted by Crippen LogP contribution is -2.47. The molecule has 152 valence electrons. The number of benzene rings is 1. The lowest BCUT2D eigenvalue weighted by Gasteiger charge is -2.32. The van der Waals surface area contributed by atoms with Gasteiger partial charge in [0.05, 0.1) is 0 Å². The smallest absolute Gasteiger partial charge is 0.253 e. The highest BCUT2D eigenvalue weighted by Crippen LogP contribution is 2.16. The third-order valence-corrected chi connectivity index (χ3v) is 5.15. The maximum absolute atomic E-state index is 12.5. The summed E-state index contributed by atoms with van der Waals surface area (Å²) in [5, 5.41) is 6.25. The summed E-state index contributed by atoms with van der Waals surface area (Å²) in [7, 11) is 2.07. The van der Waals surface area contributed by atoms with E-state index in [4.69, 9.17) is 0 Å². The molecule has 0 spiro atoms. The highest BCUT2D eigenvalue weighted by molar-refractivity contribution is 5.95. The Morgan fingerprint density at radius 2 is 1.78 bits per heavy atom. The highest BCUT2D eigenvalue weighted by atomic mass is 35.5. The van der Waals surface area contributed by atoms with Gasteiger partial charge in [-0.3, -0.25) is 9.59 Å². The molecule has 8 heteroatoms. The molecule has 6 nitrogen and oxygen atoms in total. The number of likely N-dealkylation sites (N-methyl/N-ethyl adjacent to an activating group) is 1. The van der Waals surface area contributed by atoms with Gasteiger partial charge in [0.25, 0.3) is 5.91 Å². The maximum atomic E-state index is 12.5. The van der Waals surface area contributed by atoms with E-state index in [2.05, 4.69) is 22.6 Å². The number of amides is 2. The number of carbonyl (C=O) groups excluding carboxylic acids is 2. The van der Waals surface area contributed by atoms with Crippen LogP contribution in [-0.4, -0.2) is 67.9 Å². The number of hydrogen-bond donors (Lipinski definition) is 2. The van der Waals surface area contributed by atoms with Crippen molar-refractivity contribution in [3.8, 4) is 0 Å². The number of nitrogens with zero attached hydrogens (tertiary/aromatic N) is 2. The Morgan fingerprint density at radius 3 is 2.37 bits per heavy atom. The van der Waals surface area contributed by atoms with Crippen molar-refractivity contribution in [3.05, 3.63) is 29.8 Å². The fraction of sp³-hybridized carbons (Fsp3) is 0.579. The van der Waals surface area contributed by atoms with E-state index in [0.717, 1.165) is 57.8 Å². The number of halogens is 2. The van der Waals surface area contributed by atoms with Crippen LogP contribution in [0.15, 0.2) is 24.3 Å². The zero-order chi connectivity index (χ0) is 17.6. The third kappa shape index (κ3) is 6.96. The Balaban J connectivity index is 0.00000182. The summed E-state index contributed by atoms with van der Waals surface area (Å²) >= 11 is 0. The number of hydrogen-bond acceptors (Lipinski definition) is 4. The lowest BCUT2D eigenvalue weighted by molar-refractivity contribution is -0.116. The van der Waals surface area contributed by atoms with Crippen LogP contribution < -0.4 is 10.6 Å². The van der Waals surface area contributed by atoms with Crippen LogP contribution in [0.2, 0.25) is 0 Å². The molecule has 2 aliphatic heterocycles. The molecule has 0 radical (unpaired) electrons. The molecule has 0 bridgehead atoms. The summed E-state index contributed by atoms with van der Waals surface area (Å²) in [5.41, 5.74) is 1.43. The van der Waals surface area contributed by atoms with Crippen LogP contribution >= 0.6 is 24.8 Å². The van der Waals surface area contributed by atoms with Crippen molar-refractivity contribution in [1.29, 1.82) is 0 Å². The normalized spacial score (nSPS) is 19.7. The molecule has 27 heavy (non-hydrogen) atoms. The first-order valence-electron chi connectivity index (χ1n) is 9.20. The van der Waals surface area contributed by atoms with Gasteiger partial charge in [-0.25, -0.2) is 0 Å². The Labute approximate surface area is 173 Å². The van der Waals surface area contributed by atoms with Crippen molar-refractivity contribution in [2.45, 2.75) is 19.3 Å². The van der Waals surface area contributed by atoms with Crippen molar-refractivity contribution in [2.24, 2.45) is 5.92 Å². The van der Waals surface area contributed by atoms with E-state index >= 15 is 0 Å². The average molecular weight is 417 g/mol. The summed E-state index contributed by atoms with van der Waals surface area (Å²) in [6.07, 6.45) is 2.64. The standard InChI is InChI=1S/C19H28N4O2.2ClH/c1-22-10-12-23(13-11-22)19(25)16-3-5-17(6-4-16)21-18(24)7-2-15-8-9-20-14-15;;/h3-6,15,20H,2,7-14H2,1H3,(H,21,24);2*1H. The van der Waals surface area contributed by atoms with E-state index in [1.54, 1.807) is 12.1 Å². The molecule has 1 aromatic rings. The number of carbonyl (C=O) groups is 2. The fourth-order valence-corrected chi connectivity index (χ4v) is 3.41. The van der Waals surface area contributed by atoms with E-state index in [1.807, 2.05) is 17.0 Å². The Morgan fingerprint density at radius 1 is 1.11 bits per heavy atom. The summed E-state index contributed by atoms with van der Waals surface area (Å²) in [6.45, 7) is 5.45. The fourth-order valence-electron chi connectivity index (χ4n) is 3.41. The quantitative estimate of drug-likeness (QED) is 0.772. The van der Waals surface area contributed by atoms with Gasteiger partial charge in [0.1, 0.15) is 0 Å². The van der Waals surface area contributed by atoms with Crippen LogP contribution in [0, 0.1) is 5.92 Å². The minimum atomic E-state index is 0. The molecule has 1 aromatic carbocycles. The molecule has 2 heterocycles. The molecule has 2 fully saturated rings. The van der Waals surface area contributed by atoms with Gasteiger partial charge in [0.15, 0.2) is 0 Å². The molecule has 2 N–H and O–H groups in total. The second kappa shape index (κ2) is 11.5. The van der Waals surface area contributed by atoms with Crippen molar-refractivity contribution in [3.63, 3.8) is 0 Å². The number of nitrogens with one attached hydrogen (secondary N) is 2. The monoisotopic (exact) mass is 416 g/mol. The predicted octanol–water partition coefficient (Wildman–Crippen LogP) is 2.25. The number of rotatable bonds is 5. The van der Waals surface area contributed by atoms with Gasteiger partial charge in [-0.2, -0.15) is 0 Å². The first-order valence-corrected chi connectivity index (χ1v) is 9.20.